The molecule has 0 saturated heterocycles. The van der Waals surface area contributed by atoms with Gasteiger partial charge in [-0.15, -0.1) is 0 Å². The lowest BCUT2D eigenvalue weighted by Crippen LogP contribution is -2.09. The first-order valence-corrected chi connectivity index (χ1v) is 5.80. The second-order valence-electron chi connectivity index (χ2n) is 4.26. The van der Waals surface area contributed by atoms with Crippen molar-refractivity contribution >= 4 is 22.5 Å². The molecule has 3 aromatic rings. The third kappa shape index (κ3) is 1.71. The molecule has 3 aromatic heterocycles. The van der Waals surface area contributed by atoms with Gasteiger partial charge in [0, 0.05) is 19.3 Å². The first-order valence-electron chi connectivity index (χ1n) is 5.80. The maximum atomic E-state index is 14.0. The largest absolute Gasteiger partial charge is 0.359 e. The third-order valence-electron chi connectivity index (χ3n) is 2.98. The standard InChI is InChI=1S/C13H9FN4O2/c1-6(19)13(20)7-4-15-12-10(7)8(14)5-16-11(12)9-2-3-17-18-9/h2-5,15H,1H3,(H,17,18). The molecule has 0 radical (unpaired) electrons. The van der Waals surface area contributed by atoms with Gasteiger partial charge < -0.3 is 4.98 Å². The molecule has 0 aromatic carbocycles. The fourth-order valence-corrected chi connectivity index (χ4v) is 2.07. The van der Waals surface area contributed by atoms with Crippen molar-refractivity contribution in [2.24, 2.45) is 0 Å². The highest BCUT2D eigenvalue weighted by atomic mass is 19.1. The Bertz CT molecular complexity index is 820. The van der Waals surface area contributed by atoms with Crippen LogP contribution >= 0.6 is 0 Å². The predicted molar refractivity (Wildman–Crippen MR) is 68.6 cm³/mol. The highest BCUT2D eigenvalue weighted by Crippen LogP contribution is 2.28. The van der Waals surface area contributed by atoms with E-state index in [1.807, 2.05) is 0 Å². The van der Waals surface area contributed by atoms with E-state index < -0.39 is 17.4 Å². The number of nitrogens with zero attached hydrogens (tertiary/aromatic N) is 2. The van der Waals surface area contributed by atoms with Crippen molar-refractivity contribution in [1.29, 1.82) is 0 Å². The molecule has 0 fully saturated rings. The van der Waals surface area contributed by atoms with Gasteiger partial charge in [-0.05, 0) is 6.07 Å². The van der Waals surface area contributed by atoms with E-state index in [-0.39, 0.29) is 10.9 Å². The minimum atomic E-state index is -0.739. The number of rotatable bonds is 3. The van der Waals surface area contributed by atoms with Gasteiger partial charge in [0.25, 0.3) is 0 Å². The summed E-state index contributed by atoms with van der Waals surface area (Å²) in [7, 11) is 0. The zero-order valence-electron chi connectivity index (χ0n) is 10.4. The number of hydrogen-bond donors (Lipinski definition) is 2. The van der Waals surface area contributed by atoms with Gasteiger partial charge in [0.1, 0.15) is 5.69 Å². The third-order valence-corrected chi connectivity index (χ3v) is 2.98. The molecule has 0 atom stereocenters. The van der Waals surface area contributed by atoms with Gasteiger partial charge in [0.05, 0.1) is 28.4 Å². The maximum absolute atomic E-state index is 14.0. The number of aromatic nitrogens is 4. The molecule has 3 rings (SSSR count). The van der Waals surface area contributed by atoms with Crippen LogP contribution < -0.4 is 0 Å². The molecule has 0 aliphatic heterocycles. The highest BCUT2D eigenvalue weighted by Gasteiger charge is 2.21. The van der Waals surface area contributed by atoms with Crippen LogP contribution in [0.3, 0.4) is 0 Å². The van der Waals surface area contributed by atoms with Gasteiger partial charge in [-0.2, -0.15) is 5.10 Å². The van der Waals surface area contributed by atoms with E-state index >= 15 is 0 Å². The van der Waals surface area contributed by atoms with Crippen LogP contribution in [0.1, 0.15) is 17.3 Å². The molecular weight excluding hydrogens is 263 g/mol. The van der Waals surface area contributed by atoms with E-state index in [1.54, 1.807) is 6.07 Å². The molecular formula is C13H9FN4O2. The number of Topliss-reactive ketones (excluding diaryl/α,β-unsaturated/α-hetero) is 2. The Morgan fingerprint density at radius 1 is 1.35 bits per heavy atom. The lowest BCUT2D eigenvalue weighted by molar-refractivity contribution is -0.113. The molecule has 0 bridgehead atoms. The van der Waals surface area contributed by atoms with Crippen LogP contribution in [0.5, 0.6) is 0 Å². The minimum Gasteiger partial charge on any atom is -0.359 e. The topological polar surface area (TPSA) is 91.5 Å². The van der Waals surface area contributed by atoms with Crippen molar-refractivity contribution in [2.75, 3.05) is 0 Å². The van der Waals surface area contributed by atoms with Crippen molar-refractivity contribution in [3.8, 4) is 11.4 Å². The summed E-state index contributed by atoms with van der Waals surface area (Å²) in [6.07, 6.45) is 3.87. The summed E-state index contributed by atoms with van der Waals surface area (Å²) >= 11 is 0. The van der Waals surface area contributed by atoms with Crippen LogP contribution in [0.2, 0.25) is 0 Å². The molecule has 100 valence electrons. The number of carbonyl (C=O) groups is 2. The quantitative estimate of drug-likeness (QED) is 0.562. The summed E-state index contributed by atoms with van der Waals surface area (Å²) in [6, 6.07) is 1.67. The van der Waals surface area contributed by atoms with Gasteiger partial charge in [0.2, 0.25) is 5.78 Å². The maximum Gasteiger partial charge on any atom is 0.230 e. The molecule has 0 aliphatic rings. The molecule has 0 aliphatic carbocycles. The SMILES string of the molecule is CC(=O)C(=O)c1c[nH]c2c(-c3ccn[nH]3)ncc(F)c12. The Hall–Kier alpha value is -2.83. The number of pyridine rings is 1. The summed E-state index contributed by atoms with van der Waals surface area (Å²) in [4.78, 5) is 29.8. The normalized spacial score (nSPS) is 10.9. The lowest BCUT2D eigenvalue weighted by atomic mass is 10.1. The number of hydrogen-bond acceptors (Lipinski definition) is 4. The van der Waals surface area contributed by atoms with Crippen molar-refractivity contribution < 1.29 is 14.0 Å². The molecule has 20 heavy (non-hydrogen) atoms. The monoisotopic (exact) mass is 272 g/mol. The first-order chi connectivity index (χ1) is 9.59. The van der Waals surface area contributed by atoms with E-state index in [2.05, 4.69) is 20.2 Å². The molecule has 7 heteroatoms. The Balaban J connectivity index is 2.31. The molecule has 0 unspecified atom stereocenters. The first kappa shape index (κ1) is 12.2. The Morgan fingerprint density at radius 3 is 2.80 bits per heavy atom. The number of carbonyl (C=O) groups excluding carboxylic acids is 2. The summed E-state index contributed by atoms with van der Waals surface area (Å²) in [5.41, 5.74) is 1.37. The molecule has 0 spiro atoms. The summed E-state index contributed by atoms with van der Waals surface area (Å²) in [5.74, 6) is -2.05. The van der Waals surface area contributed by atoms with Gasteiger partial charge in [-0.1, -0.05) is 0 Å². The smallest absolute Gasteiger partial charge is 0.230 e. The van der Waals surface area contributed by atoms with E-state index in [0.717, 1.165) is 13.1 Å². The molecule has 2 N–H and O–H groups in total. The average molecular weight is 272 g/mol. The van der Waals surface area contributed by atoms with Crippen LogP contribution in [0.15, 0.2) is 24.7 Å². The highest BCUT2D eigenvalue weighted by molar-refractivity contribution is 6.45. The van der Waals surface area contributed by atoms with Gasteiger partial charge >= 0.3 is 0 Å². The van der Waals surface area contributed by atoms with Gasteiger partial charge in [0.15, 0.2) is 11.6 Å². The van der Waals surface area contributed by atoms with Crippen molar-refractivity contribution in [3.63, 3.8) is 0 Å². The number of halogens is 1. The number of H-pyrrole nitrogens is 2. The summed E-state index contributed by atoms with van der Waals surface area (Å²) in [6.45, 7) is 1.15. The number of nitrogens with one attached hydrogen (secondary N) is 2. The fourth-order valence-electron chi connectivity index (χ4n) is 2.07. The van der Waals surface area contributed by atoms with Crippen LogP contribution in [-0.4, -0.2) is 31.7 Å². The zero-order valence-corrected chi connectivity index (χ0v) is 10.4. The van der Waals surface area contributed by atoms with Crippen LogP contribution in [0.25, 0.3) is 22.3 Å². The van der Waals surface area contributed by atoms with Crippen molar-refractivity contribution in [2.45, 2.75) is 6.92 Å². The summed E-state index contributed by atoms with van der Waals surface area (Å²) < 4.78 is 14.0. The molecule has 0 amide bonds. The second kappa shape index (κ2) is 4.37. The Kier molecular flexibility index (Phi) is 2.67. The van der Waals surface area contributed by atoms with Crippen LogP contribution in [0.4, 0.5) is 4.39 Å². The zero-order chi connectivity index (χ0) is 14.3. The molecule has 6 nitrogen and oxygen atoms in total. The Labute approximate surface area is 112 Å². The second-order valence-corrected chi connectivity index (χ2v) is 4.26. The molecule has 3 heterocycles. The van der Waals surface area contributed by atoms with Gasteiger partial charge in [-0.3, -0.25) is 14.7 Å². The molecule has 0 saturated carbocycles. The fraction of sp³-hybridized carbons (Fsp3) is 0.0769. The van der Waals surface area contributed by atoms with Gasteiger partial charge in [-0.25, -0.2) is 9.37 Å². The van der Waals surface area contributed by atoms with E-state index in [1.165, 1.54) is 12.4 Å². The average Bonchev–Trinajstić information content (AvgIpc) is 3.07. The van der Waals surface area contributed by atoms with Crippen LogP contribution in [-0.2, 0) is 4.79 Å². The summed E-state index contributed by atoms with van der Waals surface area (Å²) in [5, 5.41) is 6.58. The van der Waals surface area contributed by atoms with E-state index in [0.29, 0.717) is 16.9 Å². The number of ketones is 2. The minimum absolute atomic E-state index is 0.00756. The van der Waals surface area contributed by atoms with Crippen molar-refractivity contribution in [3.05, 3.63) is 36.0 Å². The van der Waals surface area contributed by atoms with Crippen molar-refractivity contribution in [1.82, 2.24) is 20.2 Å². The predicted octanol–water partition coefficient (Wildman–Crippen LogP) is 1.86. The lowest BCUT2D eigenvalue weighted by Gasteiger charge is -2.01. The van der Waals surface area contributed by atoms with E-state index in [9.17, 15) is 14.0 Å². The Morgan fingerprint density at radius 2 is 2.15 bits per heavy atom. The number of fused-ring (bicyclic) bond motifs is 1. The van der Waals surface area contributed by atoms with E-state index in [4.69, 9.17) is 0 Å². The van der Waals surface area contributed by atoms with Crippen LogP contribution in [0, 0.1) is 5.82 Å². The number of aromatic amines is 2.